The number of dihydropyridines is 1. The highest BCUT2D eigenvalue weighted by Crippen LogP contribution is 2.40. The summed E-state index contributed by atoms with van der Waals surface area (Å²) in [6.45, 7) is 3.69. The summed E-state index contributed by atoms with van der Waals surface area (Å²) in [5, 5.41) is 13.5. The number of aliphatic carboxylic acids is 1. The molecule has 1 aliphatic heterocycles. The number of nitrogens with one attached hydrogen (secondary N) is 1. The Morgan fingerprint density at radius 1 is 1.13 bits per heavy atom. The molecule has 1 atom stereocenters. The van der Waals surface area contributed by atoms with Gasteiger partial charge in [0.2, 0.25) is 0 Å². The summed E-state index contributed by atoms with van der Waals surface area (Å²) < 4.78 is 5.48. The molecule has 0 spiro atoms. The number of carbonyl (C=O) groups excluding carboxylic acids is 1. The number of carboxylic acids is 1. The second-order valence-electron chi connectivity index (χ2n) is 7.11. The van der Waals surface area contributed by atoms with E-state index in [0.717, 1.165) is 5.56 Å². The molecule has 0 saturated heterocycles. The molecule has 0 aliphatic carbocycles. The van der Waals surface area contributed by atoms with Gasteiger partial charge in [-0.1, -0.05) is 67.1 Å². The molecule has 2 aromatic rings. The second kappa shape index (κ2) is 10.1. The maximum absolute atomic E-state index is 13.0. The Kier molecular flexibility index (Phi) is 7.32. The molecular formula is C25H24ClNO4. The lowest BCUT2D eigenvalue weighted by molar-refractivity contribution is -0.138. The van der Waals surface area contributed by atoms with Crippen molar-refractivity contribution in [1.29, 1.82) is 0 Å². The molecule has 1 heterocycles. The van der Waals surface area contributed by atoms with Gasteiger partial charge in [-0.3, -0.25) is 0 Å². The van der Waals surface area contributed by atoms with Crippen LogP contribution in [0.5, 0.6) is 0 Å². The minimum absolute atomic E-state index is 0.0690. The van der Waals surface area contributed by atoms with Crippen LogP contribution in [0.2, 0.25) is 5.02 Å². The van der Waals surface area contributed by atoms with E-state index in [9.17, 15) is 14.7 Å². The van der Waals surface area contributed by atoms with Crippen molar-refractivity contribution in [2.45, 2.75) is 26.2 Å². The lowest BCUT2D eigenvalue weighted by atomic mass is 9.80. The average Bonchev–Trinajstić information content (AvgIpc) is 2.76. The predicted octanol–water partition coefficient (Wildman–Crippen LogP) is 5.31. The quantitative estimate of drug-likeness (QED) is 0.574. The van der Waals surface area contributed by atoms with Crippen molar-refractivity contribution in [3.63, 3.8) is 0 Å². The highest BCUT2D eigenvalue weighted by atomic mass is 35.5. The maximum atomic E-state index is 13.0. The van der Waals surface area contributed by atoms with Gasteiger partial charge in [-0.2, -0.15) is 0 Å². The van der Waals surface area contributed by atoms with Gasteiger partial charge in [0.05, 0.1) is 17.1 Å². The molecule has 160 valence electrons. The molecule has 0 radical (unpaired) electrons. The molecule has 5 nitrogen and oxygen atoms in total. The van der Waals surface area contributed by atoms with Crippen molar-refractivity contribution in [1.82, 2.24) is 5.32 Å². The van der Waals surface area contributed by atoms with Crippen LogP contribution >= 0.6 is 11.6 Å². The molecular weight excluding hydrogens is 414 g/mol. The number of hydrogen-bond donors (Lipinski definition) is 2. The Hall–Kier alpha value is -3.31. The molecule has 3 rings (SSSR count). The number of rotatable bonds is 7. The number of carbonyl (C=O) groups is 2. The van der Waals surface area contributed by atoms with Crippen molar-refractivity contribution in [2.24, 2.45) is 0 Å². The van der Waals surface area contributed by atoms with Gasteiger partial charge in [-0.15, -0.1) is 0 Å². The topological polar surface area (TPSA) is 75.6 Å². The third-order valence-corrected chi connectivity index (χ3v) is 5.29. The zero-order chi connectivity index (χ0) is 22.4. The molecule has 1 aliphatic rings. The standard InChI is InChI=1S/C25H24ClNO4/c1-3-20-23(24(28)29)22(18-12-7-13-19(26)15-18)21(16(2)27-20)25(30)31-14-8-11-17-9-5-4-6-10-17/h4-13,15,22,27H,3,14H2,1-2H3,(H,28,29)/b11-8+. The Bertz CT molecular complexity index is 1070. The van der Waals surface area contributed by atoms with Gasteiger partial charge in [0.1, 0.15) is 6.61 Å². The van der Waals surface area contributed by atoms with Crippen LogP contribution in [0.3, 0.4) is 0 Å². The molecule has 31 heavy (non-hydrogen) atoms. The van der Waals surface area contributed by atoms with Crippen LogP contribution in [0.4, 0.5) is 0 Å². The minimum Gasteiger partial charge on any atom is -0.478 e. The van der Waals surface area contributed by atoms with Gasteiger partial charge in [-0.25, -0.2) is 9.59 Å². The largest absolute Gasteiger partial charge is 0.478 e. The zero-order valence-electron chi connectivity index (χ0n) is 17.4. The van der Waals surface area contributed by atoms with Crippen LogP contribution < -0.4 is 5.32 Å². The van der Waals surface area contributed by atoms with Crippen molar-refractivity contribution in [3.05, 3.63) is 99.4 Å². The van der Waals surface area contributed by atoms with E-state index >= 15 is 0 Å². The van der Waals surface area contributed by atoms with E-state index < -0.39 is 17.9 Å². The van der Waals surface area contributed by atoms with Gasteiger partial charge in [0.15, 0.2) is 0 Å². The van der Waals surface area contributed by atoms with Crippen LogP contribution in [0.25, 0.3) is 6.08 Å². The fourth-order valence-electron chi connectivity index (χ4n) is 3.67. The third kappa shape index (κ3) is 5.25. The number of halogens is 1. The van der Waals surface area contributed by atoms with Crippen molar-refractivity contribution in [3.8, 4) is 0 Å². The highest BCUT2D eigenvalue weighted by Gasteiger charge is 2.37. The fraction of sp³-hybridized carbons (Fsp3) is 0.200. The van der Waals surface area contributed by atoms with E-state index in [4.69, 9.17) is 16.3 Å². The maximum Gasteiger partial charge on any atom is 0.337 e. The molecule has 6 heteroatoms. The SMILES string of the molecule is CCC1=C(C(=O)O)C(c2cccc(Cl)c2)C(C(=O)OC/C=C/c2ccccc2)=C(C)N1. The number of benzene rings is 2. The predicted molar refractivity (Wildman–Crippen MR) is 121 cm³/mol. The fourth-order valence-corrected chi connectivity index (χ4v) is 3.87. The first-order valence-electron chi connectivity index (χ1n) is 10.0. The summed E-state index contributed by atoms with van der Waals surface area (Å²) in [6.07, 6.45) is 4.09. The summed E-state index contributed by atoms with van der Waals surface area (Å²) in [4.78, 5) is 25.2. The first-order valence-corrected chi connectivity index (χ1v) is 10.4. The number of hydrogen-bond acceptors (Lipinski definition) is 4. The van der Waals surface area contributed by atoms with E-state index in [1.807, 2.05) is 43.3 Å². The molecule has 2 aromatic carbocycles. The minimum atomic E-state index is -1.09. The number of ether oxygens (including phenoxy) is 1. The van der Waals surface area contributed by atoms with E-state index in [2.05, 4.69) is 5.32 Å². The Morgan fingerprint density at radius 2 is 1.87 bits per heavy atom. The lowest BCUT2D eigenvalue weighted by Crippen LogP contribution is -2.32. The number of esters is 1. The first-order chi connectivity index (χ1) is 14.9. The molecule has 0 fully saturated rings. The lowest BCUT2D eigenvalue weighted by Gasteiger charge is -2.30. The van der Waals surface area contributed by atoms with Crippen LogP contribution in [0.1, 0.15) is 37.3 Å². The second-order valence-corrected chi connectivity index (χ2v) is 7.55. The summed E-state index contributed by atoms with van der Waals surface area (Å²) in [7, 11) is 0. The Balaban J connectivity index is 1.91. The summed E-state index contributed by atoms with van der Waals surface area (Å²) >= 11 is 6.17. The molecule has 0 amide bonds. The van der Waals surface area contributed by atoms with E-state index in [1.165, 1.54) is 0 Å². The number of carboxylic acid groups (broad SMARTS) is 1. The van der Waals surface area contributed by atoms with Crippen molar-refractivity contribution in [2.75, 3.05) is 6.61 Å². The monoisotopic (exact) mass is 437 g/mol. The first kappa shape index (κ1) is 22.4. The van der Waals surface area contributed by atoms with Crippen LogP contribution in [-0.2, 0) is 14.3 Å². The summed E-state index contributed by atoms with van der Waals surface area (Å²) in [5.74, 6) is -2.43. The highest BCUT2D eigenvalue weighted by molar-refractivity contribution is 6.30. The van der Waals surface area contributed by atoms with Crippen molar-refractivity contribution < 1.29 is 19.4 Å². The van der Waals surface area contributed by atoms with Crippen LogP contribution in [0, 0.1) is 0 Å². The van der Waals surface area contributed by atoms with E-state index in [0.29, 0.717) is 28.4 Å². The van der Waals surface area contributed by atoms with Crippen molar-refractivity contribution >= 4 is 29.6 Å². The van der Waals surface area contributed by atoms with E-state index in [-0.39, 0.29) is 17.8 Å². The Labute approximate surface area is 186 Å². The Morgan fingerprint density at radius 3 is 2.52 bits per heavy atom. The van der Waals surface area contributed by atoms with Crippen LogP contribution in [-0.4, -0.2) is 23.7 Å². The average molecular weight is 438 g/mol. The van der Waals surface area contributed by atoms with Gasteiger partial charge < -0.3 is 15.2 Å². The molecule has 0 saturated carbocycles. The third-order valence-electron chi connectivity index (χ3n) is 5.05. The molecule has 2 N–H and O–H groups in total. The molecule has 0 aromatic heterocycles. The van der Waals surface area contributed by atoms with Gasteiger partial charge in [0.25, 0.3) is 0 Å². The van der Waals surface area contributed by atoms with Gasteiger partial charge in [0, 0.05) is 16.4 Å². The summed E-state index contributed by atoms with van der Waals surface area (Å²) in [5.41, 5.74) is 3.16. The van der Waals surface area contributed by atoms with Gasteiger partial charge in [-0.05, 0) is 42.7 Å². The smallest absolute Gasteiger partial charge is 0.337 e. The molecule has 0 bridgehead atoms. The van der Waals surface area contributed by atoms with Gasteiger partial charge >= 0.3 is 11.9 Å². The summed E-state index contributed by atoms with van der Waals surface area (Å²) in [6, 6.07) is 16.6. The van der Waals surface area contributed by atoms with E-state index in [1.54, 1.807) is 37.3 Å². The number of allylic oxidation sites excluding steroid dienone is 2. The van der Waals surface area contributed by atoms with Crippen LogP contribution in [0.15, 0.2) is 83.2 Å². The normalized spacial score (nSPS) is 16.4. The molecule has 1 unspecified atom stereocenters. The zero-order valence-corrected chi connectivity index (χ0v) is 18.1.